The van der Waals surface area contributed by atoms with Gasteiger partial charge in [0.25, 0.3) is 0 Å². The van der Waals surface area contributed by atoms with E-state index < -0.39 is 0 Å². The zero-order valence-corrected chi connectivity index (χ0v) is 12.7. The van der Waals surface area contributed by atoms with Crippen LogP contribution in [-0.4, -0.2) is 14.9 Å². The van der Waals surface area contributed by atoms with E-state index in [4.69, 9.17) is 11.6 Å². The molecule has 1 saturated carbocycles. The van der Waals surface area contributed by atoms with Crippen LogP contribution in [-0.2, 0) is 13.2 Å². The molecule has 1 aliphatic rings. The lowest BCUT2D eigenvalue weighted by Crippen LogP contribution is -2.02. The van der Waals surface area contributed by atoms with Crippen LogP contribution in [0.5, 0.6) is 0 Å². The van der Waals surface area contributed by atoms with E-state index in [-0.39, 0.29) is 6.61 Å². The number of hydrogen-bond acceptors (Lipinski definition) is 2. The van der Waals surface area contributed by atoms with Crippen LogP contribution in [0.25, 0.3) is 0 Å². The molecule has 1 heterocycles. The summed E-state index contributed by atoms with van der Waals surface area (Å²) in [4.78, 5) is 0. The number of hydrogen-bond donors (Lipinski definition) is 1. The zero-order valence-electron chi connectivity index (χ0n) is 10.3. The van der Waals surface area contributed by atoms with Crippen molar-refractivity contribution in [1.29, 1.82) is 0 Å². The third-order valence-electron chi connectivity index (χ3n) is 3.38. The quantitative estimate of drug-likeness (QED) is 0.920. The van der Waals surface area contributed by atoms with Crippen molar-refractivity contribution in [2.75, 3.05) is 0 Å². The fraction of sp³-hybridized carbons (Fsp3) is 0.357. The minimum Gasteiger partial charge on any atom is -0.391 e. The third kappa shape index (κ3) is 2.71. The van der Waals surface area contributed by atoms with Crippen LogP contribution >= 0.6 is 27.5 Å². The molecule has 0 spiro atoms. The molecule has 0 aliphatic heterocycles. The minimum absolute atomic E-state index is 0.0367. The predicted octanol–water partition coefficient (Wildman–Crippen LogP) is 3.72. The van der Waals surface area contributed by atoms with Gasteiger partial charge >= 0.3 is 0 Å². The summed E-state index contributed by atoms with van der Waals surface area (Å²) in [7, 11) is 0. The Morgan fingerprint density at radius 1 is 1.32 bits per heavy atom. The molecule has 3 nitrogen and oxygen atoms in total. The van der Waals surface area contributed by atoms with Gasteiger partial charge in [0.15, 0.2) is 0 Å². The van der Waals surface area contributed by atoms with E-state index in [9.17, 15) is 5.11 Å². The lowest BCUT2D eigenvalue weighted by Gasteiger charge is -2.04. The summed E-state index contributed by atoms with van der Waals surface area (Å²) in [6.45, 7) is 0.594. The first-order chi connectivity index (χ1) is 9.19. The summed E-state index contributed by atoms with van der Waals surface area (Å²) in [5.74, 6) is 0.491. The number of nitrogens with zero attached hydrogens (tertiary/aromatic N) is 2. The molecule has 1 aromatic heterocycles. The van der Waals surface area contributed by atoms with E-state index in [1.807, 2.05) is 24.3 Å². The molecule has 1 aromatic carbocycles. The molecule has 2 aromatic rings. The number of rotatable bonds is 4. The first-order valence-electron chi connectivity index (χ1n) is 6.29. The summed E-state index contributed by atoms with van der Waals surface area (Å²) in [5, 5.41) is 14.6. The van der Waals surface area contributed by atoms with Crippen LogP contribution in [0.1, 0.15) is 35.6 Å². The van der Waals surface area contributed by atoms with Gasteiger partial charge in [-0.25, -0.2) is 4.68 Å². The zero-order chi connectivity index (χ0) is 13.4. The number of halogens is 2. The number of aliphatic hydroxyl groups excluding tert-OH is 1. The Kier molecular flexibility index (Phi) is 3.65. The van der Waals surface area contributed by atoms with Crippen molar-refractivity contribution in [2.24, 2.45) is 0 Å². The van der Waals surface area contributed by atoms with E-state index in [0.717, 1.165) is 34.1 Å². The molecule has 1 aliphatic carbocycles. The molecule has 3 rings (SSSR count). The summed E-state index contributed by atoms with van der Waals surface area (Å²) in [5.41, 5.74) is 2.91. The molecule has 5 heteroatoms. The van der Waals surface area contributed by atoms with Gasteiger partial charge in [0.2, 0.25) is 0 Å². The maximum atomic E-state index is 9.45. The fourth-order valence-corrected chi connectivity index (χ4v) is 2.71. The first kappa shape index (κ1) is 13.2. The molecule has 19 heavy (non-hydrogen) atoms. The van der Waals surface area contributed by atoms with Crippen molar-refractivity contribution in [3.05, 3.63) is 50.7 Å². The number of aromatic nitrogens is 2. The molecule has 0 amide bonds. The molecule has 1 fully saturated rings. The number of aliphatic hydroxyl groups is 1. The predicted molar refractivity (Wildman–Crippen MR) is 78.4 cm³/mol. The normalized spacial score (nSPS) is 14.9. The lowest BCUT2D eigenvalue weighted by atomic mass is 10.2. The Hall–Kier alpha value is -0.840. The van der Waals surface area contributed by atoms with Crippen molar-refractivity contribution in [3.63, 3.8) is 0 Å². The van der Waals surface area contributed by atoms with Gasteiger partial charge in [0.05, 0.1) is 18.8 Å². The summed E-state index contributed by atoms with van der Waals surface area (Å²) < 4.78 is 2.84. The van der Waals surface area contributed by atoms with Gasteiger partial charge in [0.1, 0.15) is 5.15 Å². The van der Waals surface area contributed by atoms with Gasteiger partial charge in [0, 0.05) is 16.0 Å². The minimum atomic E-state index is -0.0367. The highest BCUT2D eigenvalue weighted by Crippen LogP contribution is 2.42. The van der Waals surface area contributed by atoms with Gasteiger partial charge in [-0.05, 0) is 30.5 Å². The lowest BCUT2D eigenvalue weighted by molar-refractivity contribution is 0.280. The second-order valence-electron chi connectivity index (χ2n) is 4.87. The van der Waals surface area contributed by atoms with Gasteiger partial charge < -0.3 is 5.11 Å². The van der Waals surface area contributed by atoms with Gasteiger partial charge in [-0.1, -0.05) is 39.7 Å². The number of benzene rings is 1. The van der Waals surface area contributed by atoms with Crippen LogP contribution in [0, 0.1) is 0 Å². The fourth-order valence-electron chi connectivity index (χ4n) is 2.19. The van der Waals surface area contributed by atoms with Gasteiger partial charge in [-0.3, -0.25) is 0 Å². The third-order valence-corrected chi connectivity index (χ3v) is 4.33. The van der Waals surface area contributed by atoms with Crippen molar-refractivity contribution in [1.82, 2.24) is 9.78 Å². The van der Waals surface area contributed by atoms with Crippen LogP contribution in [0.4, 0.5) is 0 Å². The molecular weight excluding hydrogens is 328 g/mol. The Bertz CT molecular complexity index is 590. The molecule has 0 saturated heterocycles. The highest BCUT2D eigenvalue weighted by atomic mass is 79.9. The topological polar surface area (TPSA) is 38.1 Å². The van der Waals surface area contributed by atoms with E-state index in [0.29, 0.717) is 17.6 Å². The second-order valence-corrected chi connectivity index (χ2v) is 6.14. The SMILES string of the molecule is OCc1c(C2CC2)nn(Cc2ccc(Br)cc2)c1Cl. The molecule has 100 valence electrons. The Labute approximate surface area is 125 Å². The highest BCUT2D eigenvalue weighted by molar-refractivity contribution is 9.10. The Balaban J connectivity index is 1.90. The Morgan fingerprint density at radius 2 is 2.00 bits per heavy atom. The van der Waals surface area contributed by atoms with Crippen molar-refractivity contribution in [3.8, 4) is 0 Å². The largest absolute Gasteiger partial charge is 0.391 e. The maximum Gasteiger partial charge on any atom is 0.133 e. The second kappa shape index (κ2) is 5.27. The van der Waals surface area contributed by atoms with E-state index in [1.54, 1.807) is 4.68 Å². The van der Waals surface area contributed by atoms with Crippen molar-refractivity contribution >= 4 is 27.5 Å². The summed E-state index contributed by atoms with van der Waals surface area (Å²) >= 11 is 9.73. The van der Waals surface area contributed by atoms with E-state index in [2.05, 4.69) is 21.0 Å². The van der Waals surface area contributed by atoms with Gasteiger partial charge in [-0.2, -0.15) is 5.10 Å². The molecular formula is C14H14BrClN2O. The molecule has 1 N–H and O–H groups in total. The van der Waals surface area contributed by atoms with Crippen LogP contribution in [0.2, 0.25) is 5.15 Å². The maximum absolute atomic E-state index is 9.45. The summed E-state index contributed by atoms with van der Waals surface area (Å²) in [6, 6.07) is 8.08. The summed E-state index contributed by atoms with van der Waals surface area (Å²) in [6.07, 6.45) is 2.30. The van der Waals surface area contributed by atoms with Crippen LogP contribution in [0.15, 0.2) is 28.7 Å². The van der Waals surface area contributed by atoms with E-state index >= 15 is 0 Å². The van der Waals surface area contributed by atoms with Crippen LogP contribution < -0.4 is 0 Å². The van der Waals surface area contributed by atoms with Crippen molar-refractivity contribution < 1.29 is 5.11 Å². The molecule has 0 unspecified atom stereocenters. The standard InChI is InChI=1S/C14H14BrClN2O/c15-11-5-1-9(2-6-11)7-18-14(16)12(8-19)13(17-18)10-3-4-10/h1-2,5-6,10,19H,3-4,7-8H2. The average molecular weight is 342 g/mol. The molecule has 0 radical (unpaired) electrons. The van der Waals surface area contributed by atoms with Crippen molar-refractivity contribution in [2.45, 2.75) is 31.9 Å². The first-order valence-corrected chi connectivity index (χ1v) is 7.46. The Morgan fingerprint density at radius 3 is 2.58 bits per heavy atom. The van der Waals surface area contributed by atoms with Crippen LogP contribution in [0.3, 0.4) is 0 Å². The van der Waals surface area contributed by atoms with Gasteiger partial charge in [-0.15, -0.1) is 0 Å². The van der Waals surface area contributed by atoms with E-state index in [1.165, 1.54) is 0 Å². The molecule has 0 bridgehead atoms. The highest BCUT2D eigenvalue weighted by Gasteiger charge is 2.31. The monoisotopic (exact) mass is 340 g/mol. The smallest absolute Gasteiger partial charge is 0.133 e. The average Bonchev–Trinajstić information content (AvgIpc) is 3.19. The molecule has 0 atom stereocenters.